The van der Waals surface area contributed by atoms with Crippen molar-refractivity contribution in [3.8, 4) is 11.3 Å². The number of rotatable bonds is 4. The largest absolute Gasteiger partial charge is 0.437 e. The van der Waals surface area contributed by atoms with E-state index < -0.39 is 6.85 Å². The summed E-state index contributed by atoms with van der Waals surface area (Å²) in [4.78, 5) is 9.13. The summed E-state index contributed by atoms with van der Waals surface area (Å²) in [6.45, 7) is 3.88. The molecule has 0 spiro atoms. The third-order valence-corrected chi connectivity index (χ3v) is 5.14. The predicted octanol–water partition coefficient (Wildman–Crippen LogP) is 6.56. The van der Waals surface area contributed by atoms with Crippen LogP contribution >= 0.6 is 0 Å². The van der Waals surface area contributed by atoms with Crippen molar-refractivity contribution in [3.63, 3.8) is 0 Å². The number of para-hydroxylation sites is 1. The number of nitrogens with zero attached hydrogens (tertiary/aromatic N) is 2. The van der Waals surface area contributed by atoms with Gasteiger partial charge >= 0.3 is 0 Å². The van der Waals surface area contributed by atoms with Gasteiger partial charge in [-0.15, -0.1) is 0 Å². The number of benzene rings is 1. The van der Waals surface area contributed by atoms with Crippen LogP contribution in [0.15, 0.2) is 47.0 Å². The fraction of sp³-hybridized carbons (Fsp3) is 0.304. The van der Waals surface area contributed by atoms with Gasteiger partial charge in [0.05, 0.1) is 5.69 Å². The number of pyridine rings is 2. The molecule has 0 aliphatic carbocycles. The van der Waals surface area contributed by atoms with Crippen molar-refractivity contribution in [3.05, 3.63) is 59.4 Å². The van der Waals surface area contributed by atoms with Crippen LogP contribution < -0.4 is 0 Å². The Kier molecular flexibility index (Phi) is 3.41. The van der Waals surface area contributed by atoms with Crippen LogP contribution in [0.4, 0.5) is 0 Å². The van der Waals surface area contributed by atoms with E-state index in [0.29, 0.717) is 22.6 Å². The summed E-state index contributed by atoms with van der Waals surface area (Å²) in [6.07, 6.45) is 3.49. The highest BCUT2D eigenvalue weighted by Gasteiger charge is 2.16. The van der Waals surface area contributed by atoms with Gasteiger partial charge in [-0.25, -0.2) is 4.98 Å². The predicted molar refractivity (Wildman–Crippen MR) is 108 cm³/mol. The second-order valence-corrected chi connectivity index (χ2v) is 6.76. The monoisotopic (exact) mass is 347 g/mol. The Hall–Kier alpha value is -2.68. The van der Waals surface area contributed by atoms with E-state index in [1.807, 2.05) is 37.3 Å². The molecular formula is C23H24N2O. The lowest BCUT2D eigenvalue weighted by Gasteiger charge is -2.16. The van der Waals surface area contributed by atoms with E-state index in [1.165, 1.54) is 0 Å². The molecule has 0 aliphatic rings. The Morgan fingerprint density at radius 2 is 1.96 bits per heavy atom. The zero-order chi connectivity index (χ0) is 20.8. The molecule has 0 N–H and O–H groups in total. The molecule has 3 aromatic heterocycles. The minimum absolute atomic E-state index is 0.182. The fourth-order valence-corrected chi connectivity index (χ4v) is 3.64. The molecular weight excluding hydrogens is 320 g/mol. The number of aromatic nitrogens is 2. The molecule has 0 fully saturated rings. The number of fused-ring (bicyclic) bond motifs is 3. The minimum atomic E-state index is -2.20. The van der Waals surface area contributed by atoms with Crippen LogP contribution in [0.25, 0.3) is 33.3 Å². The maximum Gasteiger partial charge on any atom is 0.227 e. The Morgan fingerprint density at radius 3 is 2.73 bits per heavy atom. The minimum Gasteiger partial charge on any atom is -0.437 e. The van der Waals surface area contributed by atoms with Gasteiger partial charge < -0.3 is 4.42 Å². The molecule has 0 saturated carbocycles. The van der Waals surface area contributed by atoms with E-state index in [9.17, 15) is 0 Å². The highest BCUT2D eigenvalue weighted by Crippen LogP contribution is 2.35. The molecule has 0 radical (unpaired) electrons. The Morgan fingerprint density at radius 1 is 1.12 bits per heavy atom. The van der Waals surface area contributed by atoms with Crippen LogP contribution in [0.5, 0.6) is 0 Å². The van der Waals surface area contributed by atoms with Gasteiger partial charge in [0, 0.05) is 32.3 Å². The van der Waals surface area contributed by atoms with Gasteiger partial charge in [0.1, 0.15) is 5.58 Å². The molecule has 0 unspecified atom stereocenters. The van der Waals surface area contributed by atoms with Gasteiger partial charge in [0.25, 0.3) is 0 Å². The molecule has 0 amide bonds. The van der Waals surface area contributed by atoms with Crippen molar-refractivity contribution in [2.45, 2.75) is 46.4 Å². The molecule has 1 aromatic carbocycles. The average Bonchev–Trinajstić information content (AvgIpc) is 3.06. The van der Waals surface area contributed by atoms with Gasteiger partial charge in [0.15, 0.2) is 0 Å². The molecule has 0 bridgehead atoms. The van der Waals surface area contributed by atoms with Crippen LogP contribution in [-0.2, 0) is 0 Å². The quantitative estimate of drug-likeness (QED) is 0.419. The van der Waals surface area contributed by atoms with Crippen molar-refractivity contribution in [1.82, 2.24) is 9.97 Å². The molecule has 132 valence electrons. The summed E-state index contributed by atoms with van der Waals surface area (Å²) in [5, 5.41) is 1.89. The summed E-state index contributed by atoms with van der Waals surface area (Å²) < 4.78 is 30.3. The van der Waals surface area contributed by atoms with Gasteiger partial charge in [-0.1, -0.05) is 26.0 Å². The maximum absolute atomic E-state index is 8.06. The SMILES string of the molecule is [2H]C([2H])([2H])c1cc(-c2cccc3c2oc2nc(C)ccc23)ncc1C(CC)CC. The molecule has 26 heavy (non-hydrogen) atoms. The first-order valence-electron chi connectivity index (χ1n) is 10.6. The molecule has 0 aliphatic heterocycles. The lowest BCUT2D eigenvalue weighted by molar-refractivity contribution is 0.635. The van der Waals surface area contributed by atoms with E-state index >= 15 is 0 Å². The first-order valence-corrected chi connectivity index (χ1v) is 9.13. The molecule has 4 rings (SSSR count). The number of hydrogen-bond donors (Lipinski definition) is 0. The third kappa shape index (κ3) is 2.68. The summed E-state index contributed by atoms with van der Waals surface area (Å²) in [7, 11) is 0. The summed E-state index contributed by atoms with van der Waals surface area (Å²) in [5.74, 6) is 0.182. The molecule has 0 saturated heterocycles. The third-order valence-electron chi connectivity index (χ3n) is 5.14. The number of hydrogen-bond acceptors (Lipinski definition) is 3. The number of furan rings is 1. The van der Waals surface area contributed by atoms with Crippen molar-refractivity contribution >= 4 is 22.1 Å². The fourth-order valence-electron chi connectivity index (χ4n) is 3.64. The Bertz CT molecular complexity index is 1190. The van der Waals surface area contributed by atoms with E-state index in [2.05, 4.69) is 23.8 Å². The van der Waals surface area contributed by atoms with Crippen molar-refractivity contribution in [1.29, 1.82) is 0 Å². The van der Waals surface area contributed by atoms with Crippen molar-refractivity contribution in [2.75, 3.05) is 0 Å². The standard InChI is InChI=1S/C23H24N2O/c1-5-16(6-2)20-13-24-21(12-14(20)3)19-9-7-8-17-18-11-10-15(4)25-23(18)26-22(17)19/h7-13,16H,5-6H2,1-4H3/i3D3. The highest BCUT2D eigenvalue weighted by molar-refractivity contribution is 6.08. The zero-order valence-electron chi connectivity index (χ0n) is 18.3. The number of aryl methyl sites for hydroxylation is 2. The summed E-state index contributed by atoms with van der Waals surface area (Å²) >= 11 is 0. The van der Waals surface area contributed by atoms with Gasteiger partial charge in [0.2, 0.25) is 5.71 Å². The van der Waals surface area contributed by atoms with Crippen LogP contribution in [0.2, 0.25) is 0 Å². The topological polar surface area (TPSA) is 38.9 Å². The van der Waals surface area contributed by atoms with Crippen LogP contribution in [0.1, 0.15) is 53.5 Å². The normalized spacial score (nSPS) is 13.9. The van der Waals surface area contributed by atoms with Gasteiger partial charge in [-0.3, -0.25) is 4.98 Å². The highest BCUT2D eigenvalue weighted by atomic mass is 16.3. The van der Waals surface area contributed by atoms with E-state index in [-0.39, 0.29) is 5.92 Å². The van der Waals surface area contributed by atoms with Crippen molar-refractivity contribution in [2.24, 2.45) is 0 Å². The lowest BCUT2D eigenvalue weighted by Crippen LogP contribution is -2.00. The molecule has 3 nitrogen and oxygen atoms in total. The first kappa shape index (κ1) is 13.5. The second-order valence-electron chi connectivity index (χ2n) is 6.76. The summed E-state index contributed by atoms with van der Waals surface area (Å²) in [6, 6.07) is 11.5. The first-order chi connectivity index (χ1) is 13.8. The van der Waals surface area contributed by atoms with Gasteiger partial charge in [-0.2, -0.15) is 0 Å². The molecule has 3 heteroatoms. The van der Waals surface area contributed by atoms with Crippen molar-refractivity contribution < 1.29 is 8.53 Å². The lowest BCUT2D eigenvalue weighted by atomic mass is 9.91. The van der Waals surface area contributed by atoms with E-state index in [1.54, 1.807) is 12.3 Å². The molecule has 4 aromatic rings. The Balaban J connectivity index is 1.95. The maximum atomic E-state index is 8.06. The van der Waals surface area contributed by atoms with E-state index in [0.717, 1.165) is 40.4 Å². The summed E-state index contributed by atoms with van der Waals surface area (Å²) in [5.41, 5.74) is 4.71. The van der Waals surface area contributed by atoms with E-state index in [4.69, 9.17) is 8.53 Å². The smallest absolute Gasteiger partial charge is 0.227 e. The zero-order valence-corrected chi connectivity index (χ0v) is 15.3. The molecule has 0 atom stereocenters. The van der Waals surface area contributed by atoms with Crippen LogP contribution in [-0.4, -0.2) is 9.97 Å². The second kappa shape index (κ2) is 6.56. The van der Waals surface area contributed by atoms with Gasteiger partial charge in [-0.05, 0) is 67.9 Å². The average molecular weight is 347 g/mol. The van der Waals surface area contributed by atoms with Crippen LogP contribution in [0, 0.1) is 13.8 Å². The van der Waals surface area contributed by atoms with Crippen LogP contribution in [0.3, 0.4) is 0 Å². The molecule has 3 heterocycles. The Labute approximate surface area is 158 Å².